The second kappa shape index (κ2) is 6.07. The largest absolute Gasteiger partial charge is 0.495 e. The van der Waals surface area contributed by atoms with Crippen molar-refractivity contribution in [3.8, 4) is 5.75 Å². The molecule has 1 atom stereocenters. The lowest BCUT2D eigenvalue weighted by Crippen LogP contribution is -2.48. The van der Waals surface area contributed by atoms with E-state index in [4.69, 9.17) is 15.2 Å². The lowest BCUT2D eigenvalue weighted by atomic mass is 9.91. The predicted molar refractivity (Wildman–Crippen MR) is 82.8 cm³/mol. The Hall–Kier alpha value is -2.12. The van der Waals surface area contributed by atoms with E-state index < -0.39 is 23.9 Å². The number of anilines is 1. The van der Waals surface area contributed by atoms with Crippen molar-refractivity contribution in [3.63, 3.8) is 0 Å². The number of nitrogens with zero attached hydrogens (tertiary/aromatic N) is 1. The van der Waals surface area contributed by atoms with E-state index in [0.29, 0.717) is 10.5 Å². The Morgan fingerprint density at radius 3 is 2.42 bits per heavy atom. The summed E-state index contributed by atoms with van der Waals surface area (Å²) in [5.41, 5.74) is 5.58. The number of amides is 1. The lowest BCUT2D eigenvalue weighted by molar-refractivity contribution is -0.185. The van der Waals surface area contributed by atoms with Crippen LogP contribution in [0.3, 0.4) is 0 Å². The number of nitrogen functional groups attached to an aromatic ring is 1. The zero-order valence-electron chi connectivity index (χ0n) is 14.0. The van der Waals surface area contributed by atoms with Crippen LogP contribution in [-0.2, 0) is 11.2 Å². The highest BCUT2D eigenvalue weighted by molar-refractivity contribution is 5.70. The zero-order chi connectivity index (χ0) is 18.3. The average molecular weight is 346 g/mol. The van der Waals surface area contributed by atoms with E-state index in [1.165, 1.54) is 19.2 Å². The molecule has 0 aliphatic carbocycles. The summed E-state index contributed by atoms with van der Waals surface area (Å²) < 4.78 is 51.2. The lowest BCUT2D eigenvalue weighted by Gasteiger charge is -2.39. The van der Waals surface area contributed by atoms with Crippen LogP contribution in [0.4, 0.5) is 23.7 Å². The number of benzene rings is 1. The summed E-state index contributed by atoms with van der Waals surface area (Å²) in [6.07, 6.45) is -5.38. The Morgan fingerprint density at radius 2 is 1.92 bits per heavy atom. The van der Waals surface area contributed by atoms with E-state index in [2.05, 4.69) is 0 Å². The van der Waals surface area contributed by atoms with Crippen LogP contribution in [0.25, 0.3) is 0 Å². The standard InChI is InChI=1S/C16H21F3N2O3/c1-15(2,3)24-14(22)21-6-5-9-7-11(20)12(23-4)8-10(9)13(21)16(17,18)19/h7-8,13H,5-6,20H2,1-4H3. The smallest absolute Gasteiger partial charge is 0.413 e. The van der Waals surface area contributed by atoms with Crippen molar-refractivity contribution in [1.82, 2.24) is 4.90 Å². The SMILES string of the molecule is COc1cc2c(cc1N)CCN(C(=O)OC(C)(C)C)C2C(F)(F)F. The summed E-state index contributed by atoms with van der Waals surface area (Å²) in [5.74, 6) is 0.147. The van der Waals surface area contributed by atoms with Gasteiger partial charge in [0.05, 0.1) is 12.8 Å². The van der Waals surface area contributed by atoms with Crippen molar-refractivity contribution in [2.45, 2.75) is 45.0 Å². The third-order valence-corrected chi connectivity index (χ3v) is 3.66. The second-order valence-corrected chi connectivity index (χ2v) is 6.66. The third kappa shape index (κ3) is 3.68. The Morgan fingerprint density at radius 1 is 1.29 bits per heavy atom. The highest BCUT2D eigenvalue weighted by Crippen LogP contribution is 2.44. The number of methoxy groups -OCH3 is 1. The Balaban J connectivity index is 2.48. The quantitative estimate of drug-likeness (QED) is 0.788. The van der Waals surface area contributed by atoms with E-state index in [9.17, 15) is 18.0 Å². The number of fused-ring (bicyclic) bond motifs is 1. The van der Waals surface area contributed by atoms with E-state index in [0.717, 1.165) is 0 Å². The minimum Gasteiger partial charge on any atom is -0.495 e. The van der Waals surface area contributed by atoms with Crippen LogP contribution < -0.4 is 10.5 Å². The number of carbonyl (C=O) groups is 1. The maximum Gasteiger partial charge on any atom is 0.413 e. The summed E-state index contributed by atoms with van der Waals surface area (Å²) >= 11 is 0. The molecule has 1 aliphatic rings. The van der Waals surface area contributed by atoms with Crippen molar-refractivity contribution in [2.24, 2.45) is 0 Å². The minimum absolute atomic E-state index is 0.0364. The molecule has 0 fully saturated rings. The molecule has 2 N–H and O–H groups in total. The number of halogens is 3. The van der Waals surface area contributed by atoms with Crippen LogP contribution in [-0.4, -0.2) is 36.4 Å². The topological polar surface area (TPSA) is 64.8 Å². The average Bonchev–Trinajstić information content (AvgIpc) is 2.42. The first kappa shape index (κ1) is 18.2. The number of carbonyl (C=O) groups excluding carboxylic acids is 1. The van der Waals surface area contributed by atoms with Crippen LogP contribution >= 0.6 is 0 Å². The monoisotopic (exact) mass is 346 g/mol. The normalized spacial score (nSPS) is 18.1. The molecular weight excluding hydrogens is 325 g/mol. The number of rotatable bonds is 1. The molecule has 0 saturated heterocycles. The summed E-state index contributed by atoms with van der Waals surface area (Å²) in [5, 5.41) is 0. The Bertz CT molecular complexity index is 639. The molecule has 0 spiro atoms. The van der Waals surface area contributed by atoms with E-state index in [-0.39, 0.29) is 30.0 Å². The molecule has 8 heteroatoms. The van der Waals surface area contributed by atoms with Crippen LogP contribution in [0.15, 0.2) is 12.1 Å². The Labute approximate surface area is 138 Å². The summed E-state index contributed by atoms with van der Waals surface area (Å²) in [7, 11) is 1.33. The highest BCUT2D eigenvalue weighted by Gasteiger charge is 2.50. The molecule has 1 aliphatic heterocycles. The first-order valence-corrected chi connectivity index (χ1v) is 7.46. The van der Waals surface area contributed by atoms with Gasteiger partial charge in [-0.3, -0.25) is 4.90 Å². The maximum atomic E-state index is 13.7. The third-order valence-electron chi connectivity index (χ3n) is 3.66. The number of hydrogen-bond acceptors (Lipinski definition) is 4. The van der Waals surface area contributed by atoms with Gasteiger partial charge in [0.25, 0.3) is 0 Å². The molecule has 1 aromatic rings. The van der Waals surface area contributed by atoms with Crippen molar-refractivity contribution >= 4 is 11.8 Å². The summed E-state index contributed by atoms with van der Waals surface area (Å²) in [6.45, 7) is 4.72. The molecule has 2 rings (SSSR count). The molecule has 24 heavy (non-hydrogen) atoms. The molecule has 1 amide bonds. The van der Waals surface area contributed by atoms with Crippen molar-refractivity contribution in [3.05, 3.63) is 23.3 Å². The number of hydrogen-bond donors (Lipinski definition) is 1. The van der Waals surface area contributed by atoms with Crippen LogP contribution in [0.5, 0.6) is 5.75 Å². The molecular formula is C16H21F3N2O3. The number of nitrogens with two attached hydrogens (primary N) is 1. The van der Waals surface area contributed by atoms with Gasteiger partial charge in [-0.15, -0.1) is 0 Å². The van der Waals surface area contributed by atoms with E-state index >= 15 is 0 Å². The molecule has 0 saturated carbocycles. The summed E-state index contributed by atoms with van der Waals surface area (Å²) in [6, 6.07) is 0.629. The molecule has 134 valence electrons. The molecule has 0 radical (unpaired) electrons. The first-order valence-electron chi connectivity index (χ1n) is 7.46. The van der Waals surface area contributed by atoms with Crippen LogP contribution in [0.2, 0.25) is 0 Å². The first-order chi connectivity index (χ1) is 10.9. The van der Waals surface area contributed by atoms with Gasteiger partial charge in [0.1, 0.15) is 11.4 Å². The second-order valence-electron chi connectivity index (χ2n) is 6.66. The Kier molecular flexibility index (Phi) is 4.61. The van der Waals surface area contributed by atoms with Crippen molar-refractivity contribution < 1.29 is 27.4 Å². The molecule has 1 aromatic carbocycles. The molecule has 0 aromatic heterocycles. The molecule has 0 bridgehead atoms. The molecule has 1 heterocycles. The number of alkyl halides is 3. The van der Waals surface area contributed by atoms with E-state index in [1.807, 2.05) is 0 Å². The van der Waals surface area contributed by atoms with Gasteiger partial charge in [-0.05, 0) is 50.5 Å². The fraction of sp³-hybridized carbons (Fsp3) is 0.562. The van der Waals surface area contributed by atoms with Crippen molar-refractivity contribution in [1.29, 1.82) is 0 Å². The van der Waals surface area contributed by atoms with Crippen LogP contribution in [0.1, 0.15) is 37.9 Å². The van der Waals surface area contributed by atoms with Gasteiger partial charge in [0.2, 0.25) is 0 Å². The van der Waals surface area contributed by atoms with Gasteiger partial charge in [0.15, 0.2) is 6.04 Å². The minimum atomic E-state index is -4.65. The highest BCUT2D eigenvalue weighted by atomic mass is 19.4. The summed E-state index contributed by atoms with van der Waals surface area (Å²) in [4.78, 5) is 13.0. The van der Waals surface area contributed by atoms with Crippen LogP contribution in [0, 0.1) is 0 Å². The predicted octanol–water partition coefficient (Wildman–Crippen LogP) is 3.67. The van der Waals surface area contributed by atoms with Gasteiger partial charge in [0, 0.05) is 6.54 Å². The molecule has 1 unspecified atom stereocenters. The van der Waals surface area contributed by atoms with Gasteiger partial charge >= 0.3 is 12.3 Å². The zero-order valence-corrected chi connectivity index (χ0v) is 14.0. The van der Waals surface area contributed by atoms with Gasteiger partial charge in [-0.2, -0.15) is 13.2 Å². The molecule has 5 nitrogen and oxygen atoms in total. The van der Waals surface area contributed by atoms with Gasteiger partial charge < -0.3 is 15.2 Å². The van der Waals surface area contributed by atoms with Gasteiger partial charge in [-0.1, -0.05) is 0 Å². The maximum absolute atomic E-state index is 13.7. The van der Waals surface area contributed by atoms with Gasteiger partial charge in [-0.25, -0.2) is 4.79 Å². The fourth-order valence-electron chi connectivity index (χ4n) is 2.72. The number of ether oxygens (including phenoxy) is 2. The van der Waals surface area contributed by atoms with Crippen molar-refractivity contribution in [2.75, 3.05) is 19.4 Å². The fourth-order valence-corrected chi connectivity index (χ4v) is 2.72. The van der Waals surface area contributed by atoms with E-state index in [1.54, 1.807) is 20.8 Å².